The number of halogens is 1. The topological polar surface area (TPSA) is 35.2 Å². The van der Waals surface area contributed by atoms with Crippen LogP contribution in [0.3, 0.4) is 0 Å². The molecule has 1 saturated heterocycles. The second-order valence-corrected chi connectivity index (χ2v) is 5.34. The van der Waals surface area contributed by atoms with Gasteiger partial charge in [-0.15, -0.1) is 0 Å². The van der Waals surface area contributed by atoms with E-state index in [4.69, 9.17) is 22.1 Å². The van der Waals surface area contributed by atoms with Gasteiger partial charge in [-0.05, 0) is 55.4 Å². The molecule has 0 aromatic heterocycles. The first-order valence-corrected chi connectivity index (χ1v) is 6.64. The third-order valence-electron chi connectivity index (χ3n) is 3.56. The molecule has 1 heterocycles. The molecule has 94 valence electrons. The SMILES string of the molecule is Cc1cc(Cl)ccc1C(N)CC1CCOCC1. The lowest BCUT2D eigenvalue weighted by Crippen LogP contribution is -2.22. The molecule has 1 atom stereocenters. The van der Waals surface area contributed by atoms with Crippen LogP contribution in [-0.2, 0) is 4.74 Å². The van der Waals surface area contributed by atoms with Crippen LogP contribution < -0.4 is 5.73 Å². The number of benzene rings is 1. The van der Waals surface area contributed by atoms with E-state index in [2.05, 4.69) is 13.0 Å². The van der Waals surface area contributed by atoms with E-state index in [-0.39, 0.29) is 6.04 Å². The maximum atomic E-state index is 6.29. The van der Waals surface area contributed by atoms with Gasteiger partial charge in [-0.1, -0.05) is 17.7 Å². The zero-order valence-electron chi connectivity index (χ0n) is 10.3. The average molecular weight is 254 g/mol. The molecule has 0 amide bonds. The van der Waals surface area contributed by atoms with Gasteiger partial charge >= 0.3 is 0 Å². The van der Waals surface area contributed by atoms with E-state index in [1.807, 2.05) is 12.1 Å². The Bertz CT molecular complexity index is 374. The predicted octanol–water partition coefficient (Wildman–Crippen LogP) is 3.46. The van der Waals surface area contributed by atoms with Crippen molar-refractivity contribution in [3.8, 4) is 0 Å². The first-order valence-electron chi connectivity index (χ1n) is 6.26. The van der Waals surface area contributed by atoms with Crippen molar-refractivity contribution in [2.24, 2.45) is 11.7 Å². The largest absolute Gasteiger partial charge is 0.381 e. The Morgan fingerprint density at radius 3 is 2.76 bits per heavy atom. The van der Waals surface area contributed by atoms with Crippen molar-refractivity contribution in [3.05, 3.63) is 34.3 Å². The molecule has 1 aliphatic rings. The van der Waals surface area contributed by atoms with Crippen LogP contribution in [0.15, 0.2) is 18.2 Å². The molecule has 2 N–H and O–H groups in total. The lowest BCUT2D eigenvalue weighted by Gasteiger charge is -2.25. The van der Waals surface area contributed by atoms with Crippen LogP contribution in [0.1, 0.15) is 36.4 Å². The summed E-state index contributed by atoms with van der Waals surface area (Å²) >= 11 is 5.96. The van der Waals surface area contributed by atoms with Gasteiger partial charge in [-0.25, -0.2) is 0 Å². The van der Waals surface area contributed by atoms with E-state index in [0.29, 0.717) is 5.92 Å². The summed E-state index contributed by atoms with van der Waals surface area (Å²) in [6, 6.07) is 6.09. The minimum atomic E-state index is 0.121. The van der Waals surface area contributed by atoms with Crippen molar-refractivity contribution in [2.75, 3.05) is 13.2 Å². The van der Waals surface area contributed by atoms with E-state index >= 15 is 0 Å². The summed E-state index contributed by atoms with van der Waals surface area (Å²) in [5.74, 6) is 0.703. The quantitative estimate of drug-likeness (QED) is 0.895. The number of nitrogens with two attached hydrogens (primary N) is 1. The Morgan fingerprint density at radius 2 is 2.12 bits per heavy atom. The van der Waals surface area contributed by atoms with Gasteiger partial charge in [-0.2, -0.15) is 0 Å². The number of hydrogen-bond acceptors (Lipinski definition) is 2. The van der Waals surface area contributed by atoms with Crippen molar-refractivity contribution in [1.82, 2.24) is 0 Å². The molecule has 0 saturated carbocycles. The maximum absolute atomic E-state index is 6.29. The molecule has 1 unspecified atom stereocenters. The molecule has 0 aliphatic carbocycles. The van der Waals surface area contributed by atoms with E-state index in [1.54, 1.807) is 0 Å². The van der Waals surface area contributed by atoms with Crippen molar-refractivity contribution >= 4 is 11.6 Å². The van der Waals surface area contributed by atoms with E-state index in [9.17, 15) is 0 Å². The Balaban J connectivity index is 2.00. The Morgan fingerprint density at radius 1 is 1.41 bits per heavy atom. The van der Waals surface area contributed by atoms with Crippen LogP contribution in [0.2, 0.25) is 5.02 Å². The molecule has 0 bridgehead atoms. The van der Waals surface area contributed by atoms with Gasteiger partial charge in [0.1, 0.15) is 0 Å². The highest BCUT2D eigenvalue weighted by molar-refractivity contribution is 6.30. The van der Waals surface area contributed by atoms with Gasteiger partial charge in [-0.3, -0.25) is 0 Å². The molecule has 3 heteroatoms. The zero-order chi connectivity index (χ0) is 12.3. The van der Waals surface area contributed by atoms with Crippen LogP contribution in [0.5, 0.6) is 0 Å². The molecule has 1 aromatic rings. The third-order valence-corrected chi connectivity index (χ3v) is 3.79. The zero-order valence-corrected chi connectivity index (χ0v) is 11.0. The van der Waals surface area contributed by atoms with Crippen molar-refractivity contribution in [1.29, 1.82) is 0 Å². The summed E-state index contributed by atoms with van der Waals surface area (Å²) in [6.07, 6.45) is 3.33. The molecule has 0 spiro atoms. The van der Waals surface area contributed by atoms with Crippen molar-refractivity contribution in [2.45, 2.75) is 32.2 Å². The van der Waals surface area contributed by atoms with Crippen LogP contribution in [0.25, 0.3) is 0 Å². The minimum absolute atomic E-state index is 0.121. The van der Waals surface area contributed by atoms with Gasteiger partial charge in [0.15, 0.2) is 0 Å². The molecule has 0 radical (unpaired) electrons. The maximum Gasteiger partial charge on any atom is 0.0468 e. The van der Waals surface area contributed by atoms with E-state index in [1.165, 1.54) is 11.1 Å². The Kier molecular flexibility index (Phi) is 4.43. The Hall–Kier alpha value is -0.570. The first-order chi connectivity index (χ1) is 8.16. The predicted molar refractivity (Wildman–Crippen MR) is 71.3 cm³/mol. The van der Waals surface area contributed by atoms with Crippen LogP contribution in [0.4, 0.5) is 0 Å². The fourth-order valence-corrected chi connectivity index (χ4v) is 2.75. The summed E-state index contributed by atoms with van der Waals surface area (Å²) < 4.78 is 5.37. The standard InChI is InChI=1S/C14H20ClNO/c1-10-8-12(15)2-3-13(10)14(16)9-11-4-6-17-7-5-11/h2-3,8,11,14H,4-7,9,16H2,1H3. The van der Waals surface area contributed by atoms with Gasteiger partial charge < -0.3 is 10.5 Å². The normalized spacial score (nSPS) is 19.2. The van der Waals surface area contributed by atoms with Crippen molar-refractivity contribution in [3.63, 3.8) is 0 Å². The fourth-order valence-electron chi connectivity index (χ4n) is 2.52. The first kappa shape index (κ1) is 12.9. The lowest BCUT2D eigenvalue weighted by atomic mass is 9.88. The lowest BCUT2D eigenvalue weighted by molar-refractivity contribution is 0.0618. The summed E-state index contributed by atoms with van der Waals surface area (Å²) in [4.78, 5) is 0. The molecule has 1 aliphatic heterocycles. The minimum Gasteiger partial charge on any atom is -0.381 e. The van der Waals surface area contributed by atoms with Gasteiger partial charge in [0.25, 0.3) is 0 Å². The molecule has 17 heavy (non-hydrogen) atoms. The molecule has 2 rings (SSSR count). The highest BCUT2D eigenvalue weighted by atomic mass is 35.5. The van der Waals surface area contributed by atoms with E-state index in [0.717, 1.165) is 37.5 Å². The summed E-state index contributed by atoms with van der Waals surface area (Å²) in [7, 11) is 0. The molecular formula is C14H20ClNO. The number of ether oxygens (including phenoxy) is 1. The molecular weight excluding hydrogens is 234 g/mol. The fraction of sp³-hybridized carbons (Fsp3) is 0.571. The van der Waals surface area contributed by atoms with Gasteiger partial charge in [0.05, 0.1) is 0 Å². The monoisotopic (exact) mass is 253 g/mol. The highest BCUT2D eigenvalue weighted by Crippen LogP contribution is 2.28. The molecule has 1 fully saturated rings. The average Bonchev–Trinajstić information content (AvgIpc) is 2.30. The number of aryl methyl sites for hydroxylation is 1. The summed E-state index contributed by atoms with van der Waals surface area (Å²) in [5, 5.41) is 0.782. The second kappa shape index (κ2) is 5.85. The van der Waals surface area contributed by atoms with Gasteiger partial charge in [0.2, 0.25) is 0 Å². The van der Waals surface area contributed by atoms with Crippen LogP contribution >= 0.6 is 11.6 Å². The Labute approximate surface area is 108 Å². The second-order valence-electron chi connectivity index (χ2n) is 4.90. The van der Waals surface area contributed by atoms with Gasteiger partial charge in [0, 0.05) is 24.3 Å². The van der Waals surface area contributed by atoms with Crippen LogP contribution in [0, 0.1) is 12.8 Å². The third kappa shape index (κ3) is 3.44. The molecule has 2 nitrogen and oxygen atoms in total. The summed E-state index contributed by atoms with van der Waals surface area (Å²) in [5.41, 5.74) is 8.71. The number of rotatable bonds is 3. The summed E-state index contributed by atoms with van der Waals surface area (Å²) in [6.45, 7) is 3.85. The molecule has 1 aromatic carbocycles. The highest BCUT2D eigenvalue weighted by Gasteiger charge is 2.19. The smallest absolute Gasteiger partial charge is 0.0468 e. The van der Waals surface area contributed by atoms with Crippen LogP contribution in [-0.4, -0.2) is 13.2 Å². The van der Waals surface area contributed by atoms with Crippen molar-refractivity contribution < 1.29 is 4.74 Å². The van der Waals surface area contributed by atoms with E-state index < -0.39 is 0 Å². The number of hydrogen-bond donors (Lipinski definition) is 1.